The number of ketones is 1. The van der Waals surface area contributed by atoms with Gasteiger partial charge in [-0.15, -0.1) is 0 Å². The highest BCUT2D eigenvalue weighted by Crippen LogP contribution is 2.42. The van der Waals surface area contributed by atoms with E-state index in [0.717, 1.165) is 5.56 Å². The van der Waals surface area contributed by atoms with Gasteiger partial charge in [0.05, 0.1) is 32.6 Å². The van der Waals surface area contributed by atoms with Crippen molar-refractivity contribution in [3.8, 4) is 17.2 Å². The Labute approximate surface area is 195 Å². The Morgan fingerprint density at radius 3 is 2.42 bits per heavy atom. The summed E-state index contributed by atoms with van der Waals surface area (Å²) < 4.78 is 16.3. The summed E-state index contributed by atoms with van der Waals surface area (Å²) in [6.45, 7) is 0. The number of fused-ring (bicyclic) bond motifs is 1. The van der Waals surface area contributed by atoms with Crippen molar-refractivity contribution in [3.05, 3.63) is 70.0 Å². The van der Waals surface area contributed by atoms with Crippen LogP contribution in [-0.4, -0.2) is 43.0 Å². The molecule has 0 unspecified atom stereocenters. The Balaban J connectivity index is 1.62. The molecule has 9 heteroatoms. The second kappa shape index (κ2) is 9.46. The van der Waals surface area contributed by atoms with Crippen molar-refractivity contribution in [1.82, 2.24) is 9.97 Å². The first-order valence-electron chi connectivity index (χ1n) is 10.2. The summed E-state index contributed by atoms with van der Waals surface area (Å²) in [7, 11) is 4.63. The molecule has 0 saturated carbocycles. The first kappa shape index (κ1) is 22.5. The minimum atomic E-state index is -0.388. The van der Waals surface area contributed by atoms with E-state index < -0.39 is 0 Å². The average Bonchev–Trinajstić information content (AvgIpc) is 2.82. The van der Waals surface area contributed by atoms with Gasteiger partial charge >= 0.3 is 0 Å². The number of rotatable bonds is 6. The standard InChI is InChI=1S/C24H22ClN3O5/c1-31-20-10-15(11-21(32-2)22(20)33-3)14-8-18-17(19(29)9-14)12-26-24(27-18)28-23(30)13-5-4-6-16(25)7-13/h4-7,10-12,14H,8-9H2,1-3H3,(H,26,27,28,30)/t14-/m0/s1. The lowest BCUT2D eigenvalue weighted by atomic mass is 9.82. The molecule has 0 spiro atoms. The maximum absolute atomic E-state index is 12.8. The lowest BCUT2D eigenvalue weighted by molar-refractivity contribution is 0.0962. The molecule has 0 aliphatic heterocycles. The van der Waals surface area contributed by atoms with Crippen LogP contribution in [0.4, 0.5) is 5.95 Å². The number of methoxy groups -OCH3 is 3. The first-order chi connectivity index (χ1) is 15.9. The molecule has 1 aliphatic rings. The van der Waals surface area contributed by atoms with E-state index in [0.29, 0.717) is 51.9 Å². The maximum Gasteiger partial charge on any atom is 0.258 e. The lowest BCUT2D eigenvalue weighted by Crippen LogP contribution is -2.22. The third-order valence-electron chi connectivity index (χ3n) is 5.51. The molecule has 1 aromatic heterocycles. The topological polar surface area (TPSA) is 99.6 Å². The first-order valence-corrected chi connectivity index (χ1v) is 10.6. The van der Waals surface area contributed by atoms with Crippen molar-refractivity contribution in [2.75, 3.05) is 26.6 Å². The molecule has 1 amide bonds. The summed E-state index contributed by atoms with van der Waals surface area (Å²) in [5, 5.41) is 3.12. The minimum Gasteiger partial charge on any atom is -0.493 e. The fourth-order valence-corrected chi connectivity index (χ4v) is 4.07. The molecule has 1 aliphatic carbocycles. The summed E-state index contributed by atoms with van der Waals surface area (Å²) in [6.07, 6.45) is 2.25. The van der Waals surface area contributed by atoms with Gasteiger partial charge in [0.25, 0.3) is 5.91 Å². The largest absolute Gasteiger partial charge is 0.493 e. The number of amides is 1. The molecule has 0 bridgehead atoms. The molecule has 1 N–H and O–H groups in total. The van der Waals surface area contributed by atoms with Crippen molar-refractivity contribution in [1.29, 1.82) is 0 Å². The highest BCUT2D eigenvalue weighted by atomic mass is 35.5. The van der Waals surface area contributed by atoms with Gasteiger partial charge in [-0.05, 0) is 48.2 Å². The Bertz CT molecular complexity index is 1210. The number of benzene rings is 2. The molecular weight excluding hydrogens is 446 g/mol. The summed E-state index contributed by atoms with van der Waals surface area (Å²) in [5.74, 6) is 1.04. The second-order valence-corrected chi connectivity index (χ2v) is 7.94. The maximum atomic E-state index is 12.8. The summed E-state index contributed by atoms with van der Waals surface area (Å²) in [5.41, 5.74) is 2.28. The molecule has 8 nitrogen and oxygen atoms in total. The van der Waals surface area contributed by atoms with Gasteiger partial charge in [0, 0.05) is 23.2 Å². The summed E-state index contributed by atoms with van der Waals surface area (Å²) in [4.78, 5) is 34.0. The zero-order valence-electron chi connectivity index (χ0n) is 18.3. The van der Waals surface area contributed by atoms with Gasteiger partial charge in [-0.25, -0.2) is 9.97 Å². The van der Waals surface area contributed by atoms with Crippen LogP contribution in [0, 0.1) is 0 Å². The molecule has 0 fully saturated rings. The van der Waals surface area contributed by atoms with Crippen molar-refractivity contribution in [2.24, 2.45) is 0 Å². The molecule has 3 aromatic rings. The van der Waals surface area contributed by atoms with Gasteiger partial charge < -0.3 is 14.2 Å². The number of nitrogens with one attached hydrogen (secondary N) is 1. The quantitative estimate of drug-likeness (QED) is 0.576. The number of Topliss-reactive ketones (excluding diaryl/α,β-unsaturated/α-hetero) is 1. The fraction of sp³-hybridized carbons (Fsp3) is 0.250. The Hall–Kier alpha value is -3.65. The second-order valence-electron chi connectivity index (χ2n) is 7.51. The van der Waals surface area contributed by atoms with Crippen LogP contribution in [0.2, 0.25) is 5.02 Å². The number of aromatic nitrogens is 2. The number of carbonyl (C=O) groups is 2. The molecular formula is C24H22ClN3O5. The molecule has 1 heterocycles. The van der Waals surface area contributed by atoms with Crippen LogP contribution >= 0.6 is 11.6 Å². The minimum absolute atomic E-state index is 0.0669. The van der Waals surface area contributed by atoms with Gasteiger partial charge in [0.15, 0.2) is 17.3 Å². The number of anilines is 1. The molecule has 4 rings (SSSR count). The number of hydrogen-bond donors (Lipinski definition) is 1. The number of halogens is 1. The number of nitrogens with zero attached hydrogens (tertiary/aromatic N) is 2. The Kier molecular flexibility index (Phi) is 6.46. The van der Waals surface area contributed by atoms with Crippen LogP contribution in [0.1, 0.15) is 44.3 Å². The predicted octanol–water partition coefficient (Wildman–Crippen LogP) is 4.32. The summed E-state index contributed by atoms with van der Waals surface area (Å²) in [6, 6.07) is 10.2. The molecule has 2 aromatic carbocycles. The van der Waals surface area contributed by atoms with Crippen molar-refractivity contribution < 1.29 is 23.8 Å². The predicted molar refractivity (Wildman–Crippen MR) is 123 cm³/mol. The molecule has 170 valence electrons. The smallest absolute Gasteiger partial charge is 0.258 e. The van der Waals surface area contributed by atoms with Gasteiger partial charge in [-0.3, -0.25) is 14.9 Å². The van der Waals surface area contributed by atoms with E-state index in [1.54, 1.807) is 38.5 Å². The van der Waals surface area contributed by atoms with Crippen LogP contribution < -0.4 is 19.5 Å². The molecule has 1 atom stereocenters. The highest BCUT2D eigenvalue weighted by molar-refractivity contribution is 6.31. The number of hydrogen-bond acceptors (Lipinski definition) is 7. The van der Waals surface area contributed by atoms with Crippen molar-refractivity contribution in [2.45, 2.75) is 18.8 Å². The van der Waals surface area contributed by atoms with Crippen LogP contribution in [0.5, 0.6) is 17.2 Å². The molecule has 33 heavy (non-hydrogen) atoms. The third-order valence-corrected chi connectivity index (χ3v) is 5.75. The van der Waals surface area contributed by atoms with E-state index >= 15 is 0 Å². The van der Waals surface area contributed by atoms with E-state index in [1.165, 1.54) is 13.3 Å². The van der Waals surface area contributed by atoms with Crippen molar-refractivity contribution >= 4 is 29.2 Å². The van der Waals surface area contributed by atoms with E-state index in [4.69, 9.17) is 25.8 Å². The molecule has 0 saturated heterocycles. The SMILES string of the molecule is COc1cc([C@@H]2CC(=O)c3cnc(NC(=O)c4cccc(Cl)c4)nc3C2)cc(OC)c1OC. The Morgan fingerprint density at radius 1 is 1.06 bits per heavy atom. The fourth-order valence-electron chi connectivity index (χ4n) is 3.88. The van der Waals surface area contributed by atoms with Gasteiger partial charge in [0.1, 0.15) is 0 Å². The Morgan fingerprint density at radius 2 is 1.79 bits per heavy atom. The van der Waals surface area contributed by atoms with E-state index in [9.17, 15) is 9.59 Å². The van der Waals surface area contributed by atoms with Crippen LogP contribution in [0.25, 0.3) is 0 Å². The number of carbonyl (C=O) groups excluding carboxylic acids is 2. The van der Waals surface area contributed by atoms with Gasteiger partial charge in [-0.1, -0.05) is 17.7 Å². The zero-order chi connectivity index (χ0) is 23.5. The number of ether oxygens (including phenoxy) is 3. The van der Waals surface area contributed by atoms with E-state index in [1.807, 2.05) is 12.1 Å². The van der Waals surface area contributed by atoms with Crippen LogP contribution in [0.15, 0.2) is 42.6 Å². The normalized spacial score (nSPS) is 14.9. The zero-order valence-corrected chi connectivity index (χ0v) is 19.1. The third kappa shape index (κ3) is 4.61. The van der Waals surface area contributed by atoms with Gasteiger partial charge in [0.2, 0.25) is 11.7 Å². The van der Waals surface area contributed by atoms with E-state index in [-0.39, 0.29) is 23.6 Å². The van der Waals surface area contributed by atoms with E-state index in [2.05, 4.69) is 15.3 Å². The van der Waals surface area contributed by atoms with Crippen molar-refractivity contribution in [3.63, 3.8) is 0 Å². The van der Waals surface area contributed by atoms with Gasteiger partial charge in [-0.2, -0.15) is 0 Å². The van der Waals surface area contributed by atoms with Crippen LogP contribution in [-0.2, 0) is 6.42 Å². The summed E-state index contributed by atoms with van der Waals surface area (Å²) >= 11 is 5.96. The molecule has 0 radical (unpaired) electrons. The highest BCUT2D eigenvalue weighted by Gasteiger charge is 2.30. The monoisotopic (exact) mass is 467 g/mol. The van der Waals surface area contributed by atoms with Crippen LogP contribution in [0.3, 0.4) is 0 Å². The average molecular weight is 468 g/mol. The lowest BCUT2D eigenvalue weighted by Gasteiger charge is -2.24.